The van der Waals surface area contributed by atoms with Crippen LogP contribution in [0.4, 0.5) is 0 Å². The minimum Gasteiger partial charge on any atom is -0.508 e. The second kappa shape index (κ2) is 8.34. The molecule has 1 heterocycles. The van der Waals surface area contributed by atoms with E-state index in [-0.39, 0.29) is 23.2 Å². The fraction of sp³-hybridized carbons (Fsp3) is 0.600. The summed E-state index contributed by atoms with van der Waals surface area (Å²) in [5.74, 6) is 1.02. The molecular formula is C25H33NO4. The standard InChI is InChI=1S/C25H33NO4/c1-16-9-10-19-18(13-16)22-20(27)14-17(15-21(22)30-25(19,4)5)24(2,3)23(28)29-12-8-6-7-11-26/h9,14-15,18-19,27H,6-8,10,12-13H2,1-5H3/t18-,19+/m1/s1. The van der Waals surface area contributed by atoms with Crippen LogP contribution in [-0.4, -0.2) is 23.3 Å². The van der Waals surface area contributed by atoms with Gasteiger partial charge in [0.2, 0.25) is 0 Å². The van der Waals surface area contributed by atoms with Gasteiger partial charge in [-0.2, -0.15) is 5.26 Å². The monoisotopic (exact) mass is 411 g/mol. The molecule has 3 rings (SSSR count). The Morgan fingerprint density at radius 1 is 1.37 bits per heavy atom. The molecule has 0 aromatic heterocycles. The van der Waals surface area contributed by atoms with Gasteiger partial charge in [0.1, 0.15) is 17.1 Å². The normalized spacial score (nSPS) is 22.1. The summed E-state index contributed by atoms with van der Waals surface area (Å²) in [7, 11) is 0. The van der Waals surface area contributed by atoms with Crippen molar-refractivity contribution in [2.45, 2.75) is 83.7 Å². The number of allylic oxidation sites excluding steroid dienone is 2. The van der Waals surface area contributed by atoms with Crippen LogP contribution < -0.4 is 4.74 Å². The maximum Gasteiger partial charge on any atom is 0.315 e. The molecule has 1 aromatic carbocycles. The van der Waals surface area contributed by atoms with E-state index in [2.05, 4.69) is 32.9 Å². The molecular weight excluding hydrogens is 378 g/mol. The summed E-state index contributed by atoms with van der Waals surface area (Å²) in [6.07, 6.45) is 5.96. The van der Waals surface area contributed by atoms with Crippen molar-refractivity contribution in [3.63, 3.8) is 0 Å². The third-order valence-electron chi connectivity index (χ3n) is 6.65. The van der Waals surface area contributed by atoms with Crippen molar-refractivity contribution < 1.29 is 19.4 Å². The summed E-state index contributed by atoms with van der Waals surface area (Å²) in [5, 5.41) is 19.6. The molecule has 1 aliphatic carbocycles. The van der Waals surface area contributed by atoms with Crippen LogP contribution in [0.25, 0.3) is 0 Å². The number of hydrogen-bond donors (Lipinski definition) is 1. The Balaban J connectivity index is 1.87. The highest BCUT2D eigenvalue weighted by Gasteiger charge is 2.46. The van der Waals surface area contributed by atoms with Gasteiger partial charge in [0, 0.05) is 23.8 Å². The number of carbonyl (C=O) groups is 1. The molecule has 5 heteroatoms. The fourth-order valence-corrected chi connectivity index (χ4v) is 4.69. The molecule has 162 valence electrons. The van der Waals surface area contributed by atoms with Gasteiger partial charge in [-0.15, -0.1) is 0 Å². The Bertz CT molecular complexity index is 891. The molecule has 30 heavy (non-hydrogen) atoms. The zero-order valence-corrected chi connectivity index (χ0v) is 18.7. The van der Waals surface area contributed by atoms with Gasteiger partial charge >= 0.3 is 5.97 Å². The minimum atomic E-state index is -0.922. The van der Waals surface area contributed by atoms with Gasteiger partial charge in [0.05, 0.1) is 18.1 Å². The van der Waals surface area contributed by atoms with E-state index in [0.717, 1.165) is 18.4 Å². The number of phenolic OH excluding ortho intramolecular Hbond substituents is 1. The molecule has 0 radical (unpaired) electrons. The van der Waals surface area contributed by atoms with E-state index in [4.69, 9.17) is 14.7 Å². The van der Waals surface area contributed by atoms with E-state index in [1.165, 1.54) is 5.57 Å². The van der Waals surface area contributed by atoms with Crippen molar-refractivity contribution in [2.75, 3.05) is 6.61 Å². The van der Waals surface area contributed by atoms with Crippen LogP contribution in [0.2, 0.25) is 0 Å². The molecule has 0 unspecified atom stereocenters. The number of aromatic hydroxyl groups is 1. The van der Waals surface area contributed by atoms with Gasteiger partial charge in [-0.3, -0.25) is 4.79 Å². The fourth-order valence-electron chi connectivity index (χ4n) is 4.69. The summed E-state index contributed by atoms with van der Waals surface area (Å²) in [4.78, 5) is 12.8. The molecule has 0 bridgehead atoms. The summed E-state index contributed by atoms with van der Waals surface area (Å²) in [5.41, 5.74) is 1.60. The van der Waals surface area contributed by atoms with Gasteiger partial charge in [0.15, 0.2) is 0 Å². The lowest BCUT2D eigenvalue weighted by Crippen LogP contribution is -2.45. The first-order valence-corrected chi connectivity index (χ1v) is 10.8. The van der Waals surface area contributed by atoms with Crippen LogP contribution >= 0.6 is 0 Å². The molecule has 2 atom stereocenters. The van der Waals surface area contributed by atoms with Crippen LogP contribution in [0.5, 0.6) is 11.5 Å². The zero-order valence-electron chi connectivity index (χ0n) is 18.7. The molecule has 0 fully saturated rings. The highest BCUT2D eigenvalue weighted by atomic mass is 16.5. The van der Waals surface area contributed by atoms with Crippen molar-refractivity contribution in [3.05, 3.63) is 34.9 Å². The van der Waals surface area contributed by atoms with Crippen molar-refractivity contribution in [3.8, 4) is 17.6 Å². The average Bonchev–Trinajstić information content (AvgIpc) is 2.66. The van der Waals surface area contributed by atoms with Crippen LogP contribution in [0.3, 0.4) is 0 Å². The topological polar surface area (TPSA) is 79.5 Å². The molecule has 0 saturated heterocycles. The van der Waals surface area contributed by atoms with Gasteiger partial charge in [-0.1, -0.05) is 11.6 Å². The molecule has 0 amide bonds. The number of nitriles is 1. The van der Waals surface area contributed by atoms with Crippen molar-refractivity contribution >= 4 is 5.97 Å². The second-order valence-corrected chi connectivity index (χ2v) is 9.69. The molecule has 1 aromatic rings. The van der Waals surface area contributed by atoms with Gasteiger partial charge in [0.25, 0.3) is 0 Å². The first-order chi connectivity index (χ1) is 14.1. The molecule has 2 aliphatic rings. The van der Waals surface area contributed by atoms with Crippen LogP contribution in [0.1, 0.15) is 83.8 Å². The predicted octanol–water partition coefficient (Wildman–Crippen LogP) is 5.52. The number of hydrogen-bond acceptors (Lipinski definition) is 5. The summed E-state index contributed by atoms with van der Waals surface area (Å²) in [6.45, 7) is 10.2. The summed E-state index contributed by atoms with van der Waals surface area (Å²) < 4.78 is 11.8. The number of rotatable bonds is 6. The smallest absolute Gasteiger partial charge is 0.315 e. The maximum atomic E-state index is 12.8. The van der Waals surface area contributed by atoms with Crippen LogP contribution in [0.15, 0.2) is 23.8 Å². The number of carbonyl (C=O) groups excluding carboxylic acids is 1. The minimum absolute atomic E-state index is 0.192. The van der Waals surface area contributed by atoms with E-state index in [1.807, 2.05) is 6.07 Å². The Hall–Kier alpha value is -2.48. The number of nitrogens with zero attached hydrogens (tertiary/aromatic N) is 1. The lowest BCUT2D eigenvalue weighted by Gasteiger charge is -2.47. The number of unbranched alkanes of at least 4 members (excludes halogenated alkanes) is 2. The first kappa shape index (κ1) is 22.2. The Labute approximate surface area is 179 Å². The highest BCUT2D eigenvalue weighted by molar-refractivity contribution is 5.82. The molecule has 1 aliphatic heterocycles. The lowest BCUT2D eigenvalue weighted by molar-refractivity contribution is -0.149. The van der Waals surface area contributed by atoms with Gasteiger partial charge < -0.3 is 14.6 Å². The quantitative estimate of drug-likeness (QED) is 0.379. The largest absolute Gasteiger partial charge is 0.508 e. The summed E-state index contributed by atoms with van der Waals surface area (Å²) in [6, 6.07) is 5.69. The first-order valence-electron chi connectivity index (χ1n) is 10.8. The molecule has 5 nitrogen and oxygen atoms in total. The average molecular weight is 412 g/mol. The number of phenols is 1. The van der Waals surface area contributed by atoms with Crippen molar-refractivity contribution in [2.24, 2.45) is 5.92 Å². The third kappa shape index (κ3) is 4.19. The van der Waals surface area contributed by atoms with Crippen LogP contribution in [0, 0.1) is 17.2 Å². The van der Waals surface area contributed by atoms with Gasteiger partial charge in [-0.05, 0) is 78.0 Å². The van der Waals surface area contributed by atoms with E-state index >= 15 is 0 Å². The molecule has 0 saturated carbocycles. The zero-order chi connectivity index (χ0) is 22.1. The van der Waals surface area contributed by atoms with E-state index in [0.29, 0.717) is 43.1 Å². The SMILES string of the molecule is CC1=CC[C@H]2[C@@H](C1)c1c(O)cc(C(C)(C)C(=O)OCCCCC#N)cc1OC2(C)C. The Morgan fingerprint density at radius 3 is 2.80 bits per heavy atom. The number of ether oxygens (including phenoxy) is 2. The van der Waals surface area contributed by atoms with E-state index in [1.54, 1.807) is 19.9 Å². The highest BCUT2D eigenvalue weighted by Crippen LogP contribution is 2.54. The second-order valence-electron chi connectivity index (χ2n) is 9.69. The molecule has 1 N–H and O–H groups in total. The molecule has 0 spiro atoms. The maximum absolute atomic E-state index is 12.8. The number of esters is 1. The van der Waals surface area contributed by atoms with Gasteiger partial charge in [-0.25, -0.2) is 0 Å². The third-order valence-corrected chi connectivity index (χ3v) is 6.65. The number of fused-ring (bicyclic) bond motifs is 3. The lowest BCUT2D eigenvalue weighted by atomic mass is 9.67. The van der Waals surface area contributed by atoms with E-state index in [9.17, 15) is 9.90 Å². The Kier molecular flexibility index (Phi) is 6.17. The van der Waals surface area contributed by atoms with Crippen molar-refractivity contribution in [1.29, 1.82) is 5.26 Å². The Morgan fingerprint density at radius 2 is 2.10 bits per heavy atom. The predicted molar refractivity (Wildman–Crippen MR) is 115 cm³/mol. The number of benzene rings is 1. The summed E-state index contributed by atoms with van der Waals surface area (Å²) >= 11 is 0. The van der Waals surface area contributed by atoms with Crippen molar-refractivity contribution in [1.82, 2.24) is 0 Å². The van der Waals surface area contributed by atoms with E-state index < -0.39 is 5.41 Å². The van der Waals surface area contributed by atoms with Crippen LogP contribution in [-0.2, 0) is 14.9 Å².